The van der Waals surface area contributed by atoms with Gasteiger partial charge in [-0.3, -0.25) is 9.36 Å². The second-order valence-electron chi connectivity index (χ2n) is 10.5. The van der Waals surface area contributed by atoms with Crippen LogP contribution in [0.5, 0.6) is 17.2 Å². The molecule has 0 unspecified atom stereocenters. The van der Waals surface area contributed by atoms with Crippen LogP contribution < -0.4 is 29.1 Å². The van der Waals surface area contributed by atoms with Gasteiger partial charge in [0.25, 0.3) is 5.56 Å². The van der Waals surface area contributed by atoms with Crippen molar-refractivity contribution >= 4 is 56.7 Å². The van der Waals surface area contributed by atoms with E-state index in [0.29, 0.717) is 50.0 Å². The summed E-state index contributed by atoms with van der Waals surface area (Å²) in [6, 6.07) is 24.6. The number of carbonyl (C=O) groups excluding carboxylic acids is 1. The molecule has 1 atom stereocenters. The molecular formula is C36H31IN2O6S. The first-order valence-corrected chi connectivity index (χ1v) is 16.5. The fourth-order valence-electron chi connectivity index (χ4n) is 5.64. The molecule has 8 nitrogen and oxygen atoms in total. The molecule has 6 rings (SSSR count). The minimum atomic E-state index is -0.818. The summed E-state index contributed by atoms with van der Waals surface area (Å²) < 4.78 is 26.1. The summed E-state index contributed by atoms with van der Waals surface area (Å²) in [4.78, 5) is 33.1. The molecule has 0 N–H and O–H groups in total. The predicted octanol–water partition coefficient (Wildman–Crippen LogP) is 6.15. The first-order valence-electron chi connectivity index (χ1n) is 14.6. The third-order valence-electron chi connectivity index (χ3n) is 7.72. The van der Waals surface area contributed by atoms with Crippen molar-refractivity contribution in [3.05, 3.63) is 130 Å². The SMILES string of the molecule is CCOC(=O)C1=C(C)N=c2s/c(=C/c3cc(I)c(OCc4ccccc4)c(OC)c3)c(=O)n2[C@@H]1c1c(OC)ccc2ccccc12. The van der Waals surface area contributed by atoms with Crippen LogP contribution in [0.3, 0.4) is 0 Å². The van der Waals surface area contributed by atoms with Crippen molar-refractivity contribution in [2.45, 2.75) is 26.5 Å². The summed E-state index contributed by atoms with van der Waals surface area (Å²) in [7, 11) is 3.18. The summed E-state index contributed by atoms with van der Waals surface area (Å²) in [5, 5.41) is 1.82. The summed E-state index contributed by atoms with van der Waals surface area (Å²) >= 11 is 3.48. The van der Waals surface area contributed by atoms with Crippen LogP contribution >= 0.6 is 33.9 Å². The number of aromatic nitrogens is 1. The lowest BCUT2D eigenvalue weighted by molar-refractivity contribution is -0.139. The van der Waals surface area contributed by atoms with Crippen molar-refractivity contribution < 1.29 is 23.7 Å². The number of allylic oxidation sites excluding steroid dienone is 1. The minimum Gasteiger partial charge on any atom is -0.496 e. The zero-order valence-electron chi connectivity index (χ0n) is 25.7. The average molecular weight is 747 g/mol. The highest BCUT2D eigenvalue weighted by atomic mass is 127. The van der Waals surface area contributed by atoms with E-state index in [1.54, 1.807) is 32.6 Å². The molecule has 0 amide bonds. The van der Waals surface area contributed by atoms with Crippen LogP contribution in [-0.2, 0) is 16.1 Å². The van der Waals surface area contributed by atoms with Crippen LogP contribution in [-0.4, -0.2) is 31.4 Å². The highest BCUT2D eigenvalue weighted by Crippen LogP contribution is 2.40. The highest BCUT2D eigenvalue weighted by molar-refractivity contribution is 14.1. The molecule has 1 aliphatic rings. The Morgan fingerprint density at radius 3 is 2.48 bits per heavy atom. The Labute approximate surface area is 283 Å². The second kappa shape index (κ2) is 13.5. The molecule has 0 saturated carbocycles. The Kier molecular flexibility index (Phi) is 9.27. The van der Waals surface area contributed by atoms with E-state index in [0.717, 1.165) is 25.5 Å². The number of hydrogen-bond acceptors (Lipinski definition) is 8. The van der Waals surface area contributed by atoms with E-state index in [-0.39, 0.29) is 12.2 Å². The maximum Gasteiger partial charge on any atom is 0.338 e. The number of hydrogen-bond donors (Lipinski definition) is 0. The van der Waals surface area contributed by atoms with Gasteiger partial charge in [0, 0.05) is 5.56 Å². The lowest BCUT2D eigenvalue weighted by Gasteiger charge is -2.27. The van der Waals surface area contributed by atoms with Gasteiger partial charge in [-0.15, -0.1) is 0 Å². The van der Waals surface area contributed by atoms with Crippen LogP contribution in [0.4, 0.5) is 0 Å². The summed E-state index contributed by atoms with van der Waals surface area (Å²) in [5.74, 6) is 1.22. The van der Waals surface area contributed by atoms with Crippen LogP contribution in [0.25, 0.3) is 16.8 Å². The van der Waals surface area contributed by atoms with Crippen LogP contribution in [0.2, 0.25) is 0 Å². The molecular weight excluding hydrogens is 715 g/mol. The molecule has 2 heterocycles. The number of rotatable bonds is 9. The number of thiazole rings is 1. The zero-order valence-corrected chi connectivity index (χ0v) is 28.7. The van der Waals surface area contributed by atoms with Crippen molar-refractivity contribution in [3.8, 4) is 17.2 Å². The molecule has 1 aliphatic heterocycles. The molecule has 0 radical (unpaired) electrons. The van der Waals surface area contributed by atoms with Gasteiger partial charge in [0.1, 0.15) is 18.4 Å². The number of halogens is 1. The fourth-order valence-corrected chi connectivity index (χ4v) is 7.47. The quantitative estimate of drug-likeness (QED) is 0.133. The number of ether oxygens (including phenoxy) is 4. The van der Waals surface area contributed by atoms with Gasteiger partial charge in [-0.05, 0) is 82.6 Å². The topological polar surface area (TPSA) is 88.4 Å². The lowest BCUT2D eigenvalue weighted by Crippen LogP contribution is -2.40. The van der Waals surface area contributed by atoms with Gasteiger partial charge in [-0.2, -0.15) is 0 Å². The van der Waals surface area contributed by atoms with Crippen molar-refractivity contribution in [2.24, 2.45) is 4.99 Å². The number of methoxy groups -OCH3 is 2. The van der Waals surface area contributed by atoms with Gasteiger partial charge in [0.2, 0.25) is 0 Å². The Morgan fingerprint density at radius 1 is 1.00 bits per heavy atom. The van der Waals surface area contributed by atoms with Crippen LogP contribution in [0, 0.1) is 3.57 Å². The summed E-state index contributed by atoms with van der Waals surface area (Å²) in [6.45, 7) is 4.11. The van der Waals surface area contributed by atoms with E-state index in [1.165, 1.54) is 11.3 Å². The Hall–Kier alpha value is -4.42. The third-order valence-corrected chi connectivity index (χ3v) is 9.50. The van der Waals surface area contributed by atoms with Crippen LogP contribution in [0.1, 0.15) is 36.6 Å². The molecule has 4 aromatic carbocycles. The van der Waals surface area contributed by atoms with E-state index < -0.39 is 12.0 Å². The molecule has 46 heavy (non-hydrogen) atoms. The van der Waals surface area contributed by atoms with E-state index >= 15 is 0 Å². The van der Waals surface area contributed by atoms with Crippen molar-refractivity contribution in [3.63, 3.8) is 0 Å². The first kappa shape index (κ1) is 31.6. The number of esters is 1. The van der Waals surface area contributed by atoms with Crippen molar-refractivity contribution in [2.75, 3.05) is 20.8 Å². The van der Waals surface area contributed by atoms with Gasteiger partial charge in [-0.1, -0.05) is 72.0 Å². The van der Waals surface area contributed by atoms with Gasteiger partial charge in [-0.25, -0.2) is 9.79 Å². The van der Waals surface area contributed by atoms with Crippen LogP contribution in [0.15, 0.2) is 99.9 Å². The van der Waals surface area contributed by atoms with E-state index in [9.17, 15) is 9.59 Å². The Morgan fingerprint density at radius 2 is 1.74 bits per heavy atom. The Balaban J connectivity index is 1.51. The molecule has 10 heteroatoms. The number of fused-ring (bicyclic) bond motifs is 2. The molecule has 1 aromatic heterocycles. The number of benzene rings is 4. The summed E-state index contributed by atoms with van der Waals surface area (Å²) in [5.41, 5.74) is 3.01. The molecule has 0 fully saturated rings. The number of carbonyl (C=O) groups is 1. The average Bonchev–Trinajstić information content (AvgIpc) is 3.36. The van der Waals surface area contributed by atoms with Gasteiger partial charge >= 0.3 is 5.97 Å². The lowest BCUT2D eigenvalue weighted by atomic mass is 9.90. The Bertz CT molecular complexity index is 2170. The molecule has 5 aromatic rings. The molecule has 234 valence electrons. The second-order valence-corrected chi connectivity index (χ2v) is 12.7. The highest BCUT2D eigenvalue weighted by Gasteiger charge is 2.36. The smallest absolute Gasteiger partial charge is 0.338 e. The fraction of sp³-hybridized carbons (Fsp3) is 0.194. The van der Waals surface area contributed by atoms with E-state index in [4.69, 9.17) is 23.9 Å². The standard InChI is InChI=1S/C36H31IN2O6S/c1-5-44-35(41)30-21(2)38-36-39(32(30)31-25-14-10-9-13-24(25)15-16-27(31)42-3)34(40)29(46-36)19-23-17-26(37)33(28(18-23)43-4)45-20-22-11-7-6-8-12-22/h6-19,32H,5,20H2,1-4H3/b29-19+/t32-/m0/s1. The third kappa shape index (κ3) is 5.94. The molecule has 0 bridgehead atoms. The maximum absolute atomic E-state index is 14.3. The zero-order chi connectivity index (χ0) is 32.4. The monoisotopic (exact) mass is 746 g/mol. The molecule has 0 saturated heterocycles. The van der Waals surface area contributed by atoms with E-state index in [1.807, 2.05) is 84.9 Å². The van der Waals surface area contributed by atoms with Crippen molar-refractivity contribution in [1.29, 1.82) is 0 Å². The summed E-state index contributed by atoms with van der Waals surface area (Å²) in [6.07, 6.45) is 1.82. The van der Waals surface area contributed by atoms with Crippen molar-refractivity contribution in [1.82, 2.24) is 4.57 Å². The normalized spacial score (nSPS) is 14.5. The predicted molar refractivity (Wildman–Crippen MR) is 187 cm³/mol. The van der Waals surface area contributed by atoms with E-state index in [2.05, 4.69) is 22.6 Å². The largest absolute Gasteiger partial charge is 0.496 e. The molecule has 0 aliphatic carbocycles. The van der Waals surface area contributed by atoms with Gasteiger partial charge < -0.3 is 18.9 Å². The van der Waals surface area contributed by atoms with Gasteiger partial charge in [0.05, 0.1) is 40.2 Å². The van der Waals surface area contributed by atoms with Gasteiger partial charge in [0.15, 0.2) is 16.3 Å². The number of nitrogens with zero attached hydrogens (tertiary/aromatic N) is 2. The first-order chi connectivity index (χ1) is 22.3. The molecule has 0 spiro atoms. The minimum absolute atomic E-state index is 0.185. The maximum atomic E-state index is 14.3.